The van der Waals surface area contributed by atoms with Crippen LogP contribution in [0.15, 0.2) is 4.99 Å². The molecule has 2 rings (SSSR count). The number of rotatable bonds is 2. The first-order valence-electron chi connectivity index (χ1n) is 5.36. The van der Waals surface area contributed by atoms with E-state index in [4.69, 9.17) is 0 Å². The first kappa shape index (κ1) is 9.38. The monoisotopic (exact) mass is 198 g/mol. The summed E-state index contributed by atoms with van der Waals surface area (Å²) < 4.78 is 0. The van der Waals surface area contributed by atoms with Gasteiger partial charge in [-0.05, 0) is 25.2 Å². The summed E-state index contributed by atoms with van der Waals surface area (Å²) in [5, 5.41) is 4.67. The van der Waals surface area contributed by atoms with E-state index in [0.29, 0.717) is 0 Å². The third kappa shape index (κ3) is 2.90. The van der Waals surface area contributed by atoms with Gasteiger partial charge in [0.1, 0.15) is 0 Å². The summed E-state index contributed by atoms with van der Waals surface area (Å²) >= 11 is 1.89. The van der Waals surface area contributed by atoms with Gasteiger partial charge in [0.2, 0.25) is 0 Å². The highest BCUT2D eigenvalue weighted by molar-refractivity contribution is 8.13. The Kier molecular flexibility index (Phi) is 3.53. The zero-order chi connectivity index (χ0) is 8.93. The van der Waals surface area contributed by atoms with Gasteiger partial charge in [-0.15, -0.1) is 0 Å². The Hall–Kier alpha value is -0.180. The van der Waals surface area contributed by atoms with E-state index in [9.17, 15) is 0 Å². The summed E-state index contributed by atoms with van der Waals surface area (Å²) in [6, 6.07) is 0. The molecule has 1 fully saturated rings. The van der Waals surface area contributed by atoms with Crippen LogP contribution in [-0.4, -0.2) is 24.0 Å². The van der Waals surface area contributed by atoms with Crippen molar-refractivity contribution in [3.05, 3.63) is 0 Å². The fourth-order valence-corrected chi connectivity index (χ4v) is 2.85. The number of hydrogen-bond donors (Lipinski definition) is 1. The maximum atomic E-state index is 4.46. The smallest absolute Gasteiger partial charge is 0.156 e. The van der Waals surface area contributed by atoms with Crippen LogP contribution in [0.4, 0.5) is 0 Å². The van der Waals surface area contributed by atoms with E-state index in [1.807, 2.05) is 11.8 Å². The van der Waals surface area contributed by atoms with Gasteiger partial charge < -0.3 is 5.32 Å². The lowest BCUT2D eigenvalue weighted by molar-refractivity contribution is 0.537. The summed E-state index contributed by atoms with van der Waals surface area (Å²) in [4.78, 5) is 4.46. The first-order valence-corrected chi connectivity index (χ1v) is 6.35. The highest BCUT2D eigenvalue weighted by Crippen LogP contribution is 2.24. The van der Waals surface area contributed by atoms with Crippen LogP contribution < -0.4 is 5.32 Å². The standard InChI is InChI=1S/C10H18N2S/c1-2-5-9(4-1)8-12-10-11-6-3-7-13-10/h9H,1-8H2,(H,11,12). The number of thioether (sulfide) groups is 1. The maximum Gasteiger partial charge on any atom is 0.156 e. The maximum absolute atomic E-state index is 4.46. The molecule has 1 aliphatic carbocycles. The van der Waals surface area contributed by atoms with Gasteiger partial charge in [-0.25, -0.2) is 0 Å². The van der Waals surface area contributed by atoms with Crippen molar-refractivity contribution in [1.29, 1.82) is 0 Å². The van der Waals surface area contributed by atoms with Gasteiger partial charge in [-0.1, -0.05) is 24.6 Å². The van der Waals surface area contributed by atoms with Crippen molar-refractivity contribution in [2.45, 2.75) is 32.1 Å². The largest absolute Gasteiger partial charge is 0.365 e. The minimum absolute atomic E-state index is 0.922. The molecule has 74 valence electrons. The second-order valence-electron chi connectivity index (χ2n) is 3.92. The summed E-state index contributed by atoms with van der Waals surface area (Å²) in [6.07, 6.45) is 6.97. The average Bonchev–Trinajstić information content (AvgIpc) is 2.69. The minimum atomic E-state index is 0.922. The Bertz CT molecular complexity index is 185. The number of aliphatic imine (C=N–C) groups is 1. The molecule has 0 radical (unpaired) electrons. The van der Waals surface area contributed by atoms with Crippen molar-refractivity contribution < 1.29 is 0 Å². The Labute approximate surface area is 84.6 Å². The molecule has 0 spiro atoms. The van der Waals surface area contributed by atoms with E-state index < -0.39 is 0 Å². The number of hydrogen-bond acceptors (Lipinski definition) is 3. The lowest BCUT2D eigenvalue weighted by Crippen LogP contribution is -2.28. The topological polar surface area (TPSA) is 24.4 Å². The van der Waals surface area contributed by atoms with Gasteiger partial charge in [-0.3, -0.25) is 4.99 Å². The molecule has 1 aliphatic heterocycles. The molecular formula is C10H18N2S. The molecule has 13 heavy (non-hydrogen) atoms. The highest BCUT2D eigenvalue weighted by Gasteiger charge is 2.15. The molecule has 0 aromatic carbocycles. The lowest BCUT2D eigenvalue weighted by atomic mass is 10.1. The van der Waals surface area contributed by atoms with E-state index in [-0.39, 0.29) is 0 Å². The predicted octanol–water partition coefficient (Wildman–Crippen LogP) is 2.26. The van der Waals surface area contributed by atoms with Crippen LogP contribution in [0.1, 0.15) is 32.1 Å². The molecule has 3 heteroatoms. The second kappa shape index (κ2) is 4.89. The predicted molar refractivity (Wildman–Crippen MR) is 59.3 cm³/mol. The van der Waals surface area contributed by atoms with Gasteiger partial charge in [-0.2, -0.15) is 0 Å². The van der Waals surface area contributed by atoms with Crippen LogP contribution in [-0.2, 0) is 0 Å². The quantitative estimate of drug-likeness (QED) is 0.736. The van der Waals surface area contributed by atoms with Crippen LogP contribution in [0, 0.1) is 5.92 Å². The van der Waals surface area contributed by atoms with Crippen molar-refractivity contribution in [3.63, 3.8) is 0 Å². The summed E-state index contributed by atoms with van der Waals surface area (Å²) in [5.41, 5.74) is 0. The molecule has 0 unspecified atom stereocenters. The van der Waals surface area contributed by atoms with Crippen LogP contribution in [0.2, 0.25) is 0 Å². The number of nitrogens with one attached hydrogen (secondary N) is 1. The molecule has 0 bridgehead atoms. The molecule has 2 nitrogen and oxygen atoms in total. The minimum Gasteiger partial charge on any atom is -0.365 e. The molecule has 0 aromatic heterocycles. The molecule has 1 N–H and O–H groups in total. The molecule has 1 saturated carbocycles. The van der Waals surface area contributed by atoms with Crippen LogP contribution in [0.3, 0.4) is 0 Å². The van der Waals surface area contributed by atoms with Crippen LogP contribution in [0.25, 0.3) is 0 Å². The highest BCUT2D eigenvalue weighted by atomic mass is 32.2. The Morgan fingerprint density at radius 2 is 2.15 bits per heavy atom. The SMILES string of the molecule is C1CN=C(NCC2CCCC2)SC1. The van der Waals surface area contributed by atoms with E-state index in [2.05, 4.69) is 10.3 Å². The van der Waals surface area contributed by atoms with Crippen molar-refractivity contribution >= 4 is 16.9 Å². The zero-order valence-corrected chi connectivity index (χ0v) is 8.91. The molecule has 0 aromatic rings. The molecule has 2 aliphatic rings. The van der Waals surface area contributed by atoms with Crippen LogP contribution in [0.5, 0.6) is 0 Å². The molecule has 1 heterocycles. The van der Waals surface area contributed by atoms with E-state index in [1.165, 1.54) is 43.0 Å². The molecule has 0 atom stereocenters. The van der Waals surface area contributed by atoms with Crippen molar-refractivity contribution in [2.24, 2.45) is 10.9 Å². The van der Waals surface area contributed by atoms with E-state index >= 15 is 0 Å². The first-order chi connectivity index (χ1) is 6.45. The fourth-order valence-electron chi connectivity index (χ4n) is 2.01. The van der Waals surface area contributed by atoms with E-state index in [0.717, 1.165) is 19.0 Å². The van der Waals surface area contributed by atoms with Crippen molar-refractivity contribution in [1.82, 2.24) is 5.32 Å². The lowest BCUT2D eigenvalue weighted by Gasteiger charge is -2.15. The number of amidine groups is 1. The van der Waals surface area contributed by atoms with Gasteiger partial charge in [0, 0.05) is 18.8 Å². The Balaban J connectivity index is 1.68. The van der Waals surface area contributed by atoms with Gasteiger partial charge in [0.05, 0.1) is 0 Å². The summed E-state index contributed by atoms with van der Waals surface area (Å²) in [7, 11) is 0. The second-order valence-corrected chi connectivity index (χ2v) is 5.00. The molecule has 0 saturated heterocycles. The Morgan fingerprint density at radius 3 is 2.85 bits per heavy atom. The van der Waals surface area contributed by atoms with Crippen molar-refractivity contribution in [3.8, 4) is 0 Å². The van der Waals surface area contributed by atoms with Gasteiger partial charge >= 0.3 is 0 Å². The van der Waals surface area contributed by atoms with Crippen LogP contribution >= 0.6 is 11.8 Å². The van der Waals surface area contributed by atoms with Gasteiger partial charge in [0.25, 0.3) is 0 Å². The third-order valence-corrected chi connectivity index (χ3v) is 3.85. The van der Waals surface area contributed by atoms with Gasteiger partial charge in [0.15, 0.2) is 5.17 Å². The Morgan fingerprint density at radius 1 is 1.31 bits per heavy atom. The molecular weight excluding hydrogens is 180 g/mol. The van der Waals surface area contributed by atoms with Crippen molar-refractivity contribution in [2.75, 3.05) is 18.8 Å². The normalized spacial score (nSPS) is 24.5. The molecule has 0 amide bonds. The third-order valence-electron chi connectivity index (χ3n) is 2.81. The summed E-state index contributed by atoms with van der Waals surface area (Å²) in [5.74, 6) is 2.17. The zero-order valence-electron chi connectivity index (χ0n) is 8.09. The van der Waals surface area contributed by atoms with E-state index in [1.54, 1.807) is 0 Å². The number of nitrogens with zero attached hydrogens (tertiary/aromatic N) is 1. The summed E-state index contributed by atoms with van der Waals surface area (Å²) in [6.45, 7) is 2.19. The fraction of sp³-hybridized carbons (Fsp3) is 0.900. The average molecular weight is 198 g/mol.